The molecule has 2 rings (SSSR count). The lowest BCUT2D eigenvalue weighted by Crippen LogP contribution is -2.12. The number of fused-ring (bicyclic) bond motifs is 1. The van der Waals surface area contributed by atoms with Gasteiger partial charge in [0, 0.05) is 18.0 Å². The zero-order valence-corrected chi connectivity index (χ0v) is 9.91. The number of benzene rings is 1. The fourth-order valence-corrected chi connectivity index (χ4v) is 1.68. The molecule has 1 aromatic carbocycles. The minimum absolute atomic E-state index is 0.217. The quantitative estimate of drug-likeness (QED) is 0.278. The molecule has 0 aliphatic carbocycles. The first kappa shape index (κ1) is 12.2. The predicted molar refractivity (Wildman–Crippen MR) is 69.9 cm³/mol. The van der Waals surface area contributed by atoms with Crippen LogP contribution in [0.25, 0.3) is 10.9 Å². The summed E-state index contributed by atoms with van der Waals surface area (Å²) in [4.78, 5) is 4.30. The number of oxime groups is 1. The Bertz CT molecular complexity index is 549. The van der Waals surface area contributed by atoms with Gasteiger partial charge in [-0.3, -0.25) is 4.98 Å². The monoisotopic (exact) mass is 245 g/mol. The molecule has 0 atom stereocenters. The topological polar surface area (TPSA) is 80.7 Å². The largest absolute Gasteiger partial charge is 0.491 e. The first-order valence-corrected chi connectivity index (χ1v) is 5.74. The molecule has 2 aromatic rings. The van der Waals surface area contributed by atoms with Crippen molar-refractivity contribution in [2.24, 2.45) is 10.9 Å². The van der Waals surface area contributed by atoms with Crippen molar-refractivity contribution in [3.8, 4) is 5.75 Å². The molecule has 3 N–H and O–H groups in total. The van der Waals surface area contributed by atoms with Crippen LogP contribution in [0.4, 0.5) is 0 Å². The number of hydrogen-bond donors (Lipinski definition) is 2. The number of para-hydroxylation sites is 1. The number of rotatable bonds is 5. The van der Waals surface area contributed by atoms with Crippen molar-refractivity contribution < 1.29 is 9.94 Å². The molecule has 5 nitrogen and oxygen atoms in total. The second kappa shape index (κ2) is 5.86. The van der Waals surface area contributed by atoms with Crippen LogP contribution < -0.4 is 10.5 Å². The number of pyridine rings is 1. The number of amidine groups is 1. The fourth-order valence-electron chi connectivity index (χ4n) is 1.68. The van der Waals surface area contributed by atoms with Crippen molar-refractivity contribution >= 4 is 16.7 Å². The van der Waals surface area contributed by atoms with E-state index in [1.165, 1.54) is 0 Å². The van der Waals surface area contributed by atoms with Gasteiger partial charge in [-0.2, -0.15) is 0 Å². The van der Waals surface area contributed by atoms with Crippen LogP contribution in [0.5, 0.6) is 5.75 Å². The van der Waals surface area contributed by atoms with Gasteiger partial charge in [-0.15, -0.1) is 0 Å². The molecule has 5 heteroatoms. The highest BCUT2D eigenvalue weighted by Gasteiger charge is 2.02. The van der Waals surface area contributed by atoms with Crippen molar-refractivity contribution in [3.05, 3.63) is 36.5 Å². The molecule has 0 aliphatic heterocycles. The van der Waals surface area contributed by atoms with E-state index in [2.05, 4.69) is 10.1 Å². The van der Waals surface area contributed by atoms with Crippen molar-refractivity contribution in [1.82, 2.24) is 4.98 Å². The van der Waals surface area contributed by atoms with Gasteiger partial charge in [0.05, 0.1) is 6.61 Å². The first-order valence-electron chi connectivity index (χ1n) is 5.74. The van der Waals surface area contributed by atoms with Gasteiger partial charge in [0.15, 0.2) is 0 Å². The normalized spacial score (nSPS) is 11.7. The maximum absolute atomic E-state index is 8.40. The van der Waals surface area contributed by atoms with E-state index in [0.29, 0.717) is 19.4 Å². The SMILES string of the molecule is N/C(CCCOc1cccc2cccnc12)=N\O. The third-order valence-electron chi connectivity index (χ3n) is 2.56. The Hall–Kier alpha value is -2.30. The molecule has 0 fully saturated rings. The van der Waals surface area contributed by atoms with Gasteiger partial charge in [-0.25, -0.2) is 0 Å². The molecule has 1 aromatic heterocycles. The maximum atomic E-state index is 8.40. The van der Waals surface area contributed by atoms with Crippen molar-refractivity contribution in [2.75, 3.05) is 6.61 Å². The third-order valence-corrected chi connectivity index (χ3v) is 2.56. The molecule has 18 heavy (non-hydrogen) atoms. The Morgan fingerprint density at radius 1 is 1.33 bits per heavy atom. The molecule has 0 bridgehead atoms. The summed E-state index contributed by atoms with van der Waals surface area (Å²) < 4.78 is 5.66. The summed E-state index contributed by atoms with van der Waals surface area (Å²) >= 11 is 0. The van der Waals surface area contributed by atoms with Gasteiger partial charge in [-0.1, -0.05) is 23.4 Å². The van der Waals surface area contributed by atoms with Crippen LogP contribution in [0.3, 0.4) is 0 Å². The zero-order chi connectivity index (χ0) is 12.8. The molecule has 0 saturated heterocycles. The number of aromatic nitrogens is 1. The second-order valence-corrected chi connectivity index (χ2v) is 3.87. The van der Waals surface area contributed by atoms with Gasteiger partial charge in [0.1, 0.15) is 17.1 Å². The lowest BCUT2D eigenvalue weighted by atomic mass is 10.2. The summed E-state index contributed by atoms with van der Waals surface area (Å²) in [6.07, 6.45) is 2.94. The van der Waals surface area contributed by atoms with Crippen molar-refractivity contribution in [2.45, 2.75) is 12.8 Å². The van der Waals surface area contributed by atoms with Crippen LogP contribution in [0, 0.1) is 0 Å². The Morgan fingerprint density at radius 3 is 3.00 bits per heavy atom. The van der Waals surface area contributed by atoms with Crippen molar-refractivity contribution in [3.63, 3.8) is 0 Å². The summed E-state index contributed by atoms with van der Waals surface area (Å²) in [5.41, 5.74) is 6.23. The summed E-state index contributed by atoms with van der Waals surface area (Å²) in [5.74, 6) is 0.974. The van der Waals surface area contributed by atoms with E-state index < -0.39 is 0 Å². The molecule has 1 heterocycles. The van der Waals surface area contributed by atoms with E-state index in [1.54, 1.807) is 6.20 Å². The molecule has 94 valence electrons. The highest BCUT2D eigenvalue weighted by atomic mass is 16.5. The minimum Gasteiger partial charge on any atom is -0.491 e. The average molecular weight is 245 g/mol. The molecule has 0 unspecified atom stereocenters. The van der Waals surface area contributed by atoms with E-state index >= 15 is 0 Å². The van der Waals surface area contributed by atoms with Crippen LogP contribution in [0.1, 0.15) is 12.8 Å². The van der Waals surface area contributed by atoms with Crippen LogP contribution in [0.2, 0.25) is 0 Å². The second-order valence-electron chi connectivity index (χ2n) is 3.87. The van der Waals surface area contributed by atoms with Crippen molar-refractivity contribution in [1.29, 1.82) is 0 Å². The minimum atomic E-state index is 0.217. The number of nitrogens with two attached hydrogens (primary N) is 1. The maximum Gasteiger partial charge on any atom is 0.145 e. The van der Waals surface area contributed by atoms with E-state index in [4.69, 9.17) is 15.7 Å². The summed E-state index contributed by atoms with van der Waals surface area (Å²) in [6.45, 7) is 0.506. The Morgan fingerprint density at radius 2 is 2.17 bits per heavy atom. The number of ether oxygens (including phenoxy) is 1. The Balaban J connectivity index is 1.99. The molecular formula is C13H15N3O2. The van der Waals surface area contributed by atoms with E-state index in [-0.39, 0.29) is 5.84 Å². The fraction of sp³-hybridized carbons (Fsp3) is 0.231. The average Bonchev–Trinajstić information content (AvgIpc) is 2.43. The Labute approximate surface area is 105 Å². The third kappa shape index (κ3) is 2.88. The number of nitrogens with zero attached hydrogens (tertiary/aromatic N) is 2. The van der Waals surface area contributed by atoms with Gasteiger partial charge < -0.3 is 15.7 Å². The summed E-state index contributed by atoms with van der Waals surface area (Å²) in [6, 6.07) is 9.70. The molecule has 0 aliphatic rings. The van der Waals surface area contributed by atoms with Gasteiger partial charge >= 0.3 is 0 Å². The highest BCUT2D eigenvalue weighted by molar-refractivity contribution is 5.84. The molecule has 0 saturated carbocycles. The smallest absolute Gasteiger partial charge is 0.145 e. The summed E-state index contributed by atoms with van der Waals surface area (Å²) in [5, 5.41) is 12.4. The number of hydrogen-bond acceptors (Lipinski definition) is 4. The molecule has 0 amide bonds. The van der Waals surface area contributed by atoms with E-state index in [0.717, 1.165) is 16.7 Å². The van der Waals surface area contributed by atoms with E-state index in [9.17, 15) is 0 Å². The lowest BCUT2D eigenvalue weighted by molar-refractivity contribution is 0.307. The van der Waals surface area contributed by atoms with Crippen LogP contribution in [-0.4, -0.2) is 22.6 Å². The first-order chi connectivity index (χ1) is 8.81. The van der Waals surface area contributed by atoms with Crippen LogP contribution in [0.15, 0.2) is 41.7 Å². The molecule has 0 radical (unpaired) electrons. The van der Waals surface area contributed by atoms with E-state index in [1.807, 2.05) is 30.3 Å². The molecular weight excluding hydrogens is 230 g/mol. The van der Waals surface area contributed by atoms with Crippen LogP contribution >= 0.6 is 0 Å². The highest BCUT2D eigenvalue weighted by Crippen LogP contribution is 2.22. The zero-order valence-electron chi connectivity index (χ0n) is 9.91. The van der Waals surface area contributed by atoms with Gasteiger partial charge in [-0.05, 0) is 18.6 Å². The van der Waals surface area contributed by atoms with Gasteiger partial charge in [0.25, 0.3) is 0 Å². The lowest BCUT2D eigenvalue weighted by Gasteiger charge is -2.08. The van der Waals surface area contributed by atoms with Crippen LogP contribution in [-0.2, 0) is 0 Å². The predicted octanol–water partition coefficient (Wildman–Crippen LogP) is 2.14. The Kier molecular flexibility index (Phi) is 3.96. The summed E-state index contributed by atoms with van der Waals surface area (Å²) in [7, 11) is 0. The standard InChI is InChI=1S/C13H15N3O2/c14-12(16-17)7-3-9-18-11-6-1-4-10-5-2-8-15-13(10)11/h1-2,4-6,8,17H,3,7,9H2,(H2,14,16). The molecule has 0 spiro atoms. The van der Waals surface area contributed by atoms with Gasteiger partial charge in [0.2, 0.25) is 0 Å².